The van der Waals surface area contributed by atoms with E-state index in [4.69, 9.17) is 15.2 Å². The lowest BCUT2D eigenvalue weighted by atomic mass is 9.46. The van der Waals surface area contributed by atoms with Crippen LogP contribution in [0.3, 0.4) is 0 Å². The Balaban J connectivity index is 1.76. The Labute approximate surface area is 126 Å². The molecule has 1 amide bonds. The van der Waals surface area contributed by atoms with Gasteiger partial charge in [0.05, 0.1) is 6.10 Å². The van der Waals surface area contributed by atoms with Crippen LogP contribution in [0.4, 0.5) is 0 Å². The maximum absolute atomic E-state index is 13.0. The third kappa shape index (κ3) is 2.13. The number of carbonyl (C=O) groups is 1. The van der Waals surface area contributed by atoms with E-state index < -0.39 is 5.54 Å². The van der Waals surface area contributed by atoms with Crippen LogP contribution < -0.4 is 11.1 Å². The van der Waals surface area contributed by atoms with Gasteiger partial charge in [-0.15, -0.1) is 0 Å². The number of rotatable bonds is 2. The third-order valence-corrected chi connectivity index (χ3v) is 6.07. The van der Waals surface area contributed by atoms with Gasteiger partial charge in [0.15, 0.2) is 0 Å². The van der Waals surface area contributed by atoms with Crippen molar-refractivity contribution in [3.05, 3.63) is 0 Å². The maximum Gasteiger partial charge on any atom is 0.241 e. The number of amides is 1. The molecule has 2 saturated heterocycles. The van der Waals surface area contributed by atoms with Crippen molar-refractivity contribution in [2.24, 2.45) is 17.1 Å². The number of hydrogen-bond acceptors (Lipinski definition) is 4. The summed E-state index contributed by atoms with van der Waals surface area (Å²) in [6.07, 6.45) is 3.79. The molecular formula is C16H28N2O3. The zero-order valence-electron chi connectivity index (χ0n) is 13.4. The summed E-state index contributed by atoms with van der Waals surface area (Å²) in [5.41, 5.74) is 5.30. The Bertz CT molecular complexity index is 431. The molecule has 3 rings (SSSR count). The fraction of sp³-hybridized carbons (Fsp3) is 0.938. The smallest absolute Gasteiger partial charge is 0.241 e. The highest BCUT2D eigenvalue weighted by molar-refractivity contribution is 5.90. The number of ether oxygens (including phenoxy) is 2. The molecule has 3 fully saturated rings. The van der Waals surface area contributed by atoms with Crippen LogP contribution in [0.2, 0.25) is 0 Å². The predicted molar refractivity (Wildman–Crippen MR) is 79.8 cm³/mol. The second-order valence-corrected chi connectivity index (χ2v) is 7.76. The lowest BCUT2D eigenvalue weighted by molar-refractivity contribution is -0.226. The van der Waals surface area contributed by atoms with Gasteiger partial charge in [-0.05, 0) is 32.6 Å². The summed E-state index contributed by atoms with van der Waals surface area (Å²) in [6, 6.07) is 0. The van der Waals surface area contributed by atoms with Crippen LogP contribution in [0.5, 0.6) is 0 Å². The van der Waals surface area contributed by atoms with Crippen LogP contribution in [0.1, 0.15) is 46.5 Å². The molecule has 5 nitrogen and oxygen atoms in total. The molecule has 0 aromatic carbocycles. The van der Waals surface area contributed by atoms with E-state index in [1.807, 2.05) is 0 Å². The first kappa shape index (κ1) is 15.3. The van der Waals surface area contributed by atoms with Gasteiger partial charge in [-0.25, -0.2) is 0 Å². The van der Waals surface area contributed by atoms with Gasteiger partial charge in [0.1, 0.15) is 5.54 Å². The van der Waals surface area contributed by atoms with Crippen LogP contribution in [0.25, 0.3) is 0 Å². The highest BCUT2D eigenvalue weighted by atomic mass is 16.5. The molecule has 0 aromatic heterocycles. The molecule has 0 aromatic rings. The predicted octanol–water partition coefficient (Wildman–Crippen LogP) is 1.20. The van der Waals surface area contributed by atoms with E-state index in [1.165, 1.54) is 0 Å². The average Bonchev–Trinajstić information content (AvgIpc) is 2.46. The minimum absolute atomic E-state index is 0.0105. The number of fused-ring (bicyclic) bond motifs is 1. The Kier molecular flexibility index (Phi) is 3.58. The van der Waals surface area contributed by atoms with E-state index in [2.05, 4.69) is 26.1 Å². The van der Waals surface area contributed by atoms with E-state index in [0.29, 0.717) is 13.2 Å². The maximum atomic E-state index is 13.0. The van der Waals surface area contributed by atoms with Crippen molar-refractivity contribution in [2.75, 3.05) is 19.8 Å². The van der Waals surface area contributed by atoms with Crippen molar-refractivity contribution < 1.29 is 14.3 Å². The van der Waals surface area contributed by atoms with Gasteiger partial charge in [-0.2, -0.15) is 0 Å². The molecule has 3 atom stereocenters. The highest BCUT2D eigenvalue weighted by Crippen LogP contribution is 2.57. The van der Waals surface area contributed by atoms with Crippen molar-refractivity contribution in [3.63, 3.8) is 0 Å². The SMILES string of the molecule is CC1(NC(=O)C2(N)C3CCCOC3C2(C)C)CCOCC1. The van der Waals surface area contributed by atoms with Crippen LogP contribution >= 0.6 is 0 Å². The molecule has 0 radical (unpaired) electrons. The van der Waals surface area contributed by atoms with Gasteiger partial charge >= 0.3 is 0 Å². The molecule has 2 heterocycles. The second-order valence-electron chi connectivity index (χ2n) is 7.76. The molecule has 3 unspecified atom stereocenters. The fourth-order valence-electron chi connectivity index (χ4n) is 4.36. The largest absolute Gasteiger partial charge is 0.381 e. The lowest BCUT2D eigenvalue weighted by Crippen LogP contribution is -2.83. The lowest BCUT2D eigenvalue weighted by Gasteiger charge is -2.65. The molecule has 0 bridgehead atoms. The molecular weight excluding hydrogens is 268 g/mol. The summed E-state index contributed by atoms with van der Waals surface area (Å²) in [5, 5.41) is 3.23. The van der Waals surface area contributed by atoms with Gasteiger partial charge in [0.2, 0.25) is 5.91 Å². The summed E-state index contributed by atoms with van der Waals surface area (Å²) in [7, 11) is 0. The van der Waals surface area contributed by atoms with E-state index in [-0.39, 0.29) is 28.9 Å². The molecule has 0 spiro atoms. The first-order chi connectivity index (χ1) is 9.81. The van der Waals surface area contributed by atoms with Crippen molar-refractivity contribution in [2.45, 2.75) is 63.6 Å². The minimum atomic E-state index is -0.820. The fourth-order valence-corrected chi connectivity index (χ4v) is 4.36. The summed E-state index contributed by atoms with van der Waals surface area (Å²) < 4.78 is 11.3. The van der Waals surface area contributed by atoms with E-state index in [0.717, 1.165) is 32.3 Å². The topological polar surface area (TPSA) is 73.6 Å². The van der Waals surface area contributed by atoms with Crippen LogP contribution in [-0.4, -0.2) is 42.9 Å². The number of carbonyl (C=O) groups excluding carboxylic acids is 1. The molecule has 1 saturated carbocycles. The van der Waals surface area contributed by atoms with Crippen LogP contribution in [0, 0.1) is 11.3 Å². The quantitative estimate of drug-likeness (QED) is 0.803. The van der Waals surface area contributed by atoms with Crippen molar-refractivity contribution >= 4 is 5.91 Å². The van der Waals surface area contributed by atoms with Gasteiger partial charge < -0.3 is 20.5 Å². The van der Waals surface area contributed by atoms with Gasteiger partial charge in [-0.1, -0.05) is 13.8 Å². The standard InChI is InChI=1S/C16H28N2O3/c1-14(2)12-11(5-4-8-21-12)16(14,17)13(19)18-15(3)6-9-20-10-7-15/h11-12H,4-10,17H2,1-3H3,(H,18,19). The number of nitrogens with two attached hydrogens (primary N) is 1. The van der Waals surface area contributed by atoms with Gasteiger partial charge in [0, 0.05) is 36.7 Å². The summed E-state index contributed by atoms with van der Waals surface area (Å²) in [6.45, 7) is 8.41. The van der Waals surface area contributed by atoms with Crippen molar-refractivity contribution in [1.29, 1.82) is 0 Å². The number of hydrogen-bond donors (Lipinski definition) is 2. The molecule has 3 N–H and O–H groups in total. The van der Waals surface area contributed by atoms with Crippen molar-refractivity contribution in [1.82, 2.24) is 5.32 Å². The van der Waals surface area contributed by atoms with E-state index >= 15 is 0 Å². The molecule has 2 aliphatic heterocycles. The Morgan fingerprint density at radius 1 is 1.19 bits per heavy atom. The summed E-state index contributed by atoms with van der Waals surface area (Å²) in [4.78, 5) is 13.0. The zero-order valence-corrected chi connectivity index (χ0v) is 13.4. The number of nitrogens with one attached hydrogen (secondary N) is 1. The zero-order chi connectivity index (χ0) is 15.3. The molecule has 21 heavy (non-hydrogen) atoms. The molecule has 3 aliphatic rings. The van der Waals surface area contributed by atoms with Gasteiger partial charge in [0.25, 0.3) is 0 Å². The Morgan fingerprint density at radius 3 is 2.52 bits per heavy atom. The van der Waals surface area contributed by atoms with Crippen molar-refractivity contribution in [3.8, 4) is 0 Å². The monoisotopic (exact) mass is 296 g/mol. The summed E-state index contributed by atoms with van der Waals surface area (Å²) >= 11 is 0. The summed E-state index contributed by atoms with van der Waals surface area (Å²) in [5.74, 6) is 0.133. The molecule has 5 heteroatoms. The first-order valence-corrected chi connectivity index (χ1v) is 8.12. The van der Waals surface area contributed by atoms with E-state index in [9.17, 15) is 4.79 Å². The molecule has 1 aliphatic carbocycles. The van der Waals surface area contributed by atoms with Crippen LogP contribution in [-0.2, 0) is 14.3 Å². The normalized spacial score (nSPS) is 40.8. The molecule has 120 valence electrons. The minimum Gasteiger partial charge on any atom is -0.381 e. The van der Waals surface area contributed by atoms with Gasteiger partial charge in [-0.3, -0.25) is 4.79 Å². The van der Waals surface area contributed by atoms with Crippen LogP contribution in [0.15, 0.2) is 0 Å². The third-order valence-electron chi connectivity index (χ3n) is 6.07. The Morgan fingerprint density at radius 2 is 1.86 bits per heavy atom. The average molecular weight is 296 g/mol. The van der Waals surface area contributed by atoms with E-state index in [1.54, 1.807) is 0 Å². The first-order valence-electron chi connectivity index (χ1n) is 8.12. The Hall–Kier alpha value is -0.650. The highest BCUT2D eigenvalue weighted by Gasteiger charge is 2.70. The second kappa shape index (κ2) is 4.93.